The van der Waals surface area contributed by atoms with E-state index in [-0.39, 0.29) is 12.5 Å². The minimum atomic E-state index is -0.396. The van der Waals surface area contributed by atoms with E-state index >= 15 is 0 Å². The maximum atomic E-state index is 11.4. The summed E-state index contributed by atoms with van der Waals surface area (Å²) in [5.74, 6) is 5.60. The monoisotopic (exact) mass is 262 g/mol. The molecule has 1 atom stereocenters. The number of aromatic nitrogens is 2. The third-order valence-corrected chi connectivity index (χ3v) is 3.75. The Kier molecular flexibility index (Phi) is 5.67. The summed E-state index contributed by atoms with van der Waals surface area (Å²) in [5.41, 5.74) is 2.11. The summed E-state index contributed by atoms with van der Waals surface area (Å²) in [6.07, 6.45) is 0.787. The van der Waals surface area contributed by atoms with E-state index in [4.69, 9.17) is 10.6 Å². The molecule has 0 bridgehead atoms. The Bertz CT molecular complexity index is 345. The molecule has 0 fully saturated rings. The summed E-state index contributed by atoms with van der Waals surface area (Å²) >= 11 is 2.59. The number of thioether (sulfide) groups is 1. The van der Waals surface area contributed by atoms with Gasteiger partial charge in [-0.25, -0.2) is 10.8 Å². The molecule has 0 radical (unpaired) electrons. The Hall–Kier alpha value is -0.700. The molecule has 0 aliphatic carbocycles. The number of amides is 1. The highest BCUT2D eigenvalue weighted by molar-refractivity contribution is 8.02. The Morgan fingerprint density at radius 1 is 1.75 bits per heavy atom. The molecule has 16 heavy (non-hydrogen) atoms. The van der Waals surface area contributed by atoms with E-state index in [0.29, 0.717) is 0 Å². The molecule has 1 unspecified atom stereocenters. The van der Waals surface area contributed by atoms with Crippen LogP contribution in [-0.2, 0) is 16.0 Å². The van der Waals surface area contributed by atoms with Crippen molar-refractivity contribution in [2.75, 3.05) is 13.7 Å². The van der Waals surface area contributed by atoms with Crippen LogP contribution < -0.4 is 11.3 Å². The van der Waals surface area contributed by atoms with E-state index in [1.54, 1.807) is 0 Å². The molecular weight excluding hydrogens is 248 g/mol. The Morgan fingerprint density at radius 3 is 3.00 bits per heavy atom. The van der Waals surface area contributed by atoms with Crippen molar-refractivity contribution in [3.63, 3.8) is 0 Å². The molecule has 0 aliphatic heterocycles. The number of ether oxygens (including phenoxy) is 1. The molecule has 0 spiro atoms. The topological polar surface area (TPSA) is 90.1 Å². The molecule has 1 rings (SSSR count). The first-order chi connectivity index (χ1) is 7.71. The third kappa shape index (κ3) is 3.71. The average molecular weight is 262 g/mol. The van der Waals surface area contributed by atoms with Crippen molar-refractivity contribution in [3.8, 4) is 0 Å². The van der Waals surface area contributed by atoms with Crippen molar-refractivity contribution in [2.45, 2.75) is 22.9 Å². The van der Waals surface area contributed by atoms with Gasteiger partial charge in [-0.15, -0.1) is 0 Å². The smallest absolute Gasteiger partial charge is 0.249 e. The molecule has 1 amide bonds. The number of hydrazine groups is 1. The van der Waals surface area contributed by atoms with Crippen LogP contribution in [-0.4, -0.2) is 34.2 Å². The first-order valence-electron chi connectivity index (χ1n) is 4.69. The van der Waals surface area contributed by atoms with E-state index in [1.165, 1.54) is 30.4 Å². The predicted octanol–water partition coefficient (Wildman–Crippen LogP) is 0.197. The molecule has 1 aromatic heterocycles. The molecular formula is C8H14N4O2S2. The van der Waals surface area contributed by atoms with Gasteiger partial charge in [-0.1, -0.05) is 18.7 Å². The van der Waals surface area contributed by atoms with Gasteiger partial charge in [0.25, 0.3) is 0 Å². The van der Waals surface area contributed by atoms with Crippen molar-refractivity contribution in [1.29, 1.82) is 0 Å². The molecule has 1 heterocycles. The number of carbonyl (C=O) groups is 1. The molecule has 3 N–H and O–H groups in total. The minimum Gasteiger partial charge on any atom is -0.383 e. The lowest BCUT2D eigenvalue weighted by Crippen LogP contribution is -2.39. The lowest BCUT2D eigenvalue weighted by atomic mass is 10.4. The lowest BCUT2D eigenvalue weighted by Gasteiger charge is -2.11. The first kappa shape index (κ1) is 13.4. The summed E-state index contributed by atoms with van der Waals surface area (Å²) in [4.78, 5) is 15.7. The van der Waals surface area contributed by atoms with Crippen molar-refractivity contribution in [3.05, 3.63) is 5.82 Å². The van der Waals surface area contributed by atoms with Crippen LogP contribution in [0.15, 0.2) is 4.34 Å². The van der Waals surface area contributed by atoms with Gasteiger partial charge in [0, 0.05) is 13.5 Å². The molecule has 90 valence electrons. The van der Waals surface area contributed by atoms with Gasteiger partial charge in [-0.2, -0.15) is 4.37 Å². The molecule has 0 saturated carbocycles. The Labute approximate surface area is 102 Å². The number of rotatable bonds is 6. The van der Waals surface area contributed by atoms with Crippen LogP contribution in [0.5, 0.6) is 0 Å². The van der Waals surface area contributed by atoms with Gasteiger partial charge >= 0.3 is 0 Å². The number of hydrogen-bond donors (Lipinski definition) is 2. The quantitative estimate of drug-likeness (QED) is 0.329. The zero-order valence-corrected chi connectivity index (χ0v) is 10.7. The molecule has 6 nitrogen and oxygen atoms in total. The predicted molar refractivity (Wildman–Crippen MR) is 63.1 cm³/mol. The molecule has 1 aromatic rings. The average Bonchev–Trinajstić information content (AvgIpc) is 2.75. The lowest BCUT2D eigenvalue weighted by molar-refractivity contribution is -0.121. The standard InChI is InChI=1S/C8H14N4O2S2/c1-3-6-10-8(16-12-6)15-5(4-14-2)7(13)11-9/h5H,3-4,9H2,1-2H3,(H,11,13). The second-order valence-corrected chi connectivity index (χ2v) is 5.10. The number of aryl methyl sites for hydroxylation is 1. The Morgan fingerprint density at radius 2 is 2.50 bits per heavy atom. The van der Waals surface area contributed by atoms with Crippen LogP contribution in [0.25, 0.3) is 0 Å². The zero-order chi connectivity index (χ0) is 12.0. The number of nitrogens with two attached hydrogens (primary N) is 1. The fourth-order valence-corrected chi connectivity index (χ4v) is 2.87. The summed E-state index contributed by atoms with van der Waals surface area (Å²) in [7, 11) is 1.54. The van der Waals surface area contributed by atoms with Crippen molar-refractivity contribution >= 4 is 29.2 Å². The van der Waals surface area contributed by atoms with Crippen LogP contribution in [0.3, 0.4) is 0 Å². The highest BCUT2D eigenvalue weighted by Crippen LogP contribution is 2.25. The molecule has 0 aromatic carbocycles. The largest absolute Gasteiger partial charge is 0.383 e. The maximum Gasteiger partial charge on any atom is 0.249 e. The highest BCUT2D eigenvalue weighted by atomic mass is 32.2. The molecule has 0 aliphatic rings. The second-order valence-electron chi connectivity index (χ2n) is 2.90. The van der Waals surface area contributed by atoms with E-state index in [1.807, 2.05) is 6.92 Å². The Balaban J connectivity index is 2.63. The third-order valence-electron chi connectivity index (χ3n) is 1.76. The van der Waals surface area contributed by atoms with Gasteiger partial charge in [-0.05, 0) is 11.5 Å². The molecule has 8 heteroatoms. The van der Waals surface area contributed by atoms with Crippen LogP contribution in [0, 0.1) is 0 Å². The normalized spacial score (nSPS) is 12.4. The number of carbonyl (C=O) groups excluding carboxylic acids is 1. The summed E-state index contributed by atoms with van der Waals surface area (Å²) in [6.45, 7) is 2.27. The fraction of sp³-hybridized carbons (Fsp3) is 0.625. The second kappa shape index (κ2) is 6.79. The number of nitrogens with one attached hydrogen (secondary N) is 1. The van der Waals surface area contributed by atoms with Crippen LogP contribution in [0.4, 0.5) is 0 Å². The van der Waals surface area contributed by atoms with Gasteiger partial charge < -0.3 is 4.74 Å². The van der Waals surface area contributed by atoms with Crippen molar-refractivity contribution in [1.82, 2.24) is 14.8 Å². The summed E-state index contributed by atoms with van der Waals surface area (Å²) in [5, 5.41) is -0.396. The fourth-order valence-electron chi connectivity index (χ4n) is 0.959. The minimum absolute atomic E-state index is 0.278. The molecule has 0 saturated heterocycles. The van der Waals surface area contributed by atoms with E-state index in [0.717, 1.165) is 16.6 Å². The van der Waals surface area contributed by atoms with Crippen LogP contribution in [0.1, 0.15) is 12.7 Å². The van der Waals surface area contributed by atoms with Crippen molar-refractivity contribution in [2.24, 2.45) is 5.84 Å². The number of nitrogens with zero attached hydrogens (tertiary/aromatic N) is 2. The van der Waals surface area contributed by atoms with Crippen LogP contribution in [0.2, 0.25) is 0 Å². The SMILES string of the molecule is CCc1nsc(SC(COC)C(=O)NN)n1. The first-order valence-corrected chi connectivity index (χ1v) is 6.35. The maximum absolute atomic E-state index is 11.4. The number of methoxy groups -OCH3 is 1. The van der Waals surface area contributed by atoms with Gasteiger partial charge in [0.2, 0.25) is 5.91 Å². The van der Waals surface area contributed by atoms with E-state index in [9.17, 15) is 4.79 Å². The van der Waals surface area contributed by atoms with E-state index in [2.05, 4.69) is 14.8 Å². The van der Waals surface area contributed by atoms with Crippen LogP contribution >= 0.6 is 23.3 Å². The van der Waals surface area contributed by atoms with Crippen molar-refractivity contribution < 1.29 is 9.53 Å². The van der Waals surface area contributed by atoms with Gasteiger partial charge in [0.15, 0.2) is 4.34 Å². The number of hydrogen-bond acceptors (Lipinski definition) is 7. The highest BCUT2D eigenvalue weighted by Gasteiger charge is 2.20. The van der Waals surface area contributed by atoms with Gasteiger partial charge in [0.05, 0.1) is 6.61 Å². The zero-order valence-electron chi connectivity index (χ0n) is 9.10. The summed E-state index contributed by atoms with van der Waals surface area (Å²) < 4.78 is 9.84. The van der Waals surface area contributed by atoms with E-state index < -0.39 is 5.25 Å². The van der Waals surface area contributed by atoms with Gasteiger partial charge in [0.1, 0.15) is 11.1 Å². The van der Waals surface area contributed by atoms with Gasteiger partial charge in [-0.3, -0.25) is 10.2 Å². The summed E-state index contributed by atoms with van der Waals surface area (Å²) in [6, 6.07) is 0.